The molecule has 1 N–H and O–H groups in total. The number of ether oxygens (including phenoxy) is 1. The number of rotatable bonds is 2. The van der Waals surface area contributed by atoms with Gasteiger partial charge in [-0.15, -0.1) is 12.4 Å². The molecule has 4 aliphatic rings. The number of likely N-dealkylation sites (N-methyl/N-ethyl adjacent to an activating group) is 1. The quantitative estimate of drug-likeness (QED) is 0.812. The average molecular weight is 392 g/mol. The minimum Gasteiger partial charge on any atom is -0.364 e. The summed E-state index contributed by atoms with van der Waals surface area (Å²) in [5.41, 5.74) is 0.620. The molecule has 5 atom stereocenters. The van der Waals surface area contributed by atoms with Gasteiger partial charge in [0.2, 0.25) is 11.8 Å². The first-order valence-corrected chi connectivity index (χ1v) is 9.56. The van der Waals surface area contributed by atoms with Gasteiger partial charge in [-0.05, 0) is 36.9 Å². The van der Waals surface area contributed by atoms with Crippen molar-refractivity contribution in [1.29, 1.82) is 0 Å². The lowest BCUT2D eigenvalue weighted by atomic mass is 9.76. The molecule has 1 aliphatic carbocycles. The summed E-state index contributed by atoms with van der Waals surface area (Å²) in [5.74, 6) is 1.54. The molecule has 0 aromatic heterocycles. The van der Waals surface area contributed by atoms with Crippen LogP contribution in [0.25, 0.3) is 0 Å². The molecular formula is C20H26ClN3O3. The van der Waals surface area contributed by atoms with E-state index in [-0.39, 0.29) is 42.9 Å². The summed E-state index contributed by atoms with van der Waals surface area (Å²) >= 11 is 0. The van der Waals surface area contributed by atoms with Crippen LogP contribution < -0.4 is 5.32 Å². The van der Waals surface area contributed by atoms with E-state index in [1.807, 2.05) is 35.0 Å². The number of hydrogen-bond donors (Lipinski definition) is 1. The average Bonchev–Trinajstić information content (AvgIpc) is 3.16. The fraction of sp³-hybridized carbons (Fsp3) is 0.600. The van der Waals surface area contributed by atoms with Crippen molar-refractivity contribution in [2.75, 3.05) is 39.8 Å². The van der Waals surface area contributed by atoms with E-state index < -0.39 is 5.54 Å². The van der Waals surface area contributed by atoms with E-state index in [0.29, 0.717) is 24.9 Å². The monoisotopic (exact) mass is 391 g/mol. The van der Waals surface area contributed by atoms with Crippen LogP contribution in [0.2, 0.25) is 0 Å². The molecular weight excluding hydrogens is 366 g/mol. The summed E-state index contributed by atoms with van der Waals surface area (Å²) < 4.78 is 6.00. The number of hydrogen-bond acceptors (Lipinski definition) is 4. The standard InChI is InChI=1S/C20H25N3O3.ClH/c1-22-17(24)12-26-16-11-23(19(25)18-14-9-21-10-15(14)18)8-7-20(16,22)13-5-3-2-4-6-13;/h2-6,14-16,18,21H,7-12H2,1H3;1H/t14-,15+,16-,18?,20+;/m1./s1. The van der Waals surface area contributed by atoms with Gasteiger partial charge in [-0.2, -0.15) is 0 Å². The van der Waals surface area contributed by atoms with E-state index in [0.717, 1.165) is 25.1 Å². The number of morpholine rings is 1. The molecule has 1 saturated carbocycles. The van der Waals surface area contributed by atoms with Gasteiger partial charge in [-0.1, -0.05) is 30.3 Å². The van der Waals surface area contributed by atoms with Crippen LogP contribution in [-0.4, -0.2) is 67.6 Å². The smallest absolute Gasteiger partial charge is 0.249 e. The first-order chi connectivity index (χ1) is 12.6. The zero-order valence-electron chi connectivity index (χ0n) is 15.5. The molecule has 146 valence electrons. The topological polar surface area (TPSA) is 61.9 Å². The highest BCUT2D eigenvalue weighted by atomic mass is 35.5. The number of carbonyl (C=O) groups is 2. The number of fused-ring (bicyclic) bond motifs is 2. The van der Waals surface area contributed by atoms with Gasteiger partial charge in [-0.25, -0.2) is 0 Å². The van der Waals surface area contributed by atoms with Gasteiger partial charge >= 0.3 is 0 Å². The second-order valence-corrected chi connectivity index (χ2v) is 8.09. The van der Waals surface area contributed by atoms with Crippen LogP contribution in [0, 0.1) is 17.8 Å². The van der Waals surface area contributed by atoms with E-state index in [4.69, 9.17) is 4.74 Å². The Bertz CT molecular complexity index is 735. The summed E-state index contributed by atoms with van der Waals surface area (Å²) in [7, 11) is 1.87. The predicted molar refractivity (Wildman–Crippen MR) is 102 cm³/mol. The molecule has 0 spiro atoms. The number of nitrogens with zero attached hydrogens (tertiary/aromatic N) is 2. The first-order valence-electron chi connectivity index (χ1n) is 9.56. The molecule has 1 aromatic rings. The summed E-state index contributed by atoms with van der Waals surface area (Å²) in [6.45, 7) is 3.28. The van der Waals surface area contributed by atoms with Crippen LogP contribution >= 0.6 is 12.4 Å². The van der Waals surface area contributed by atoms with Crippen LogP contribution in [0.1, 0.15) is 12.0 Å². The zero-order chi connectivity index (χ0) is 17.9. The minimum absolute atomic E-state index is 0. The number of amides is 2. The first kappa shape index (κ1) is 18.7. The van der Waals surface area contributed by atoms with E-state index >= 15 is 0 Å². The van der Waals surface area contributed by atoms with Crippen molar-refractivity contribution < 1.29 is 14.3 Å². The molecule has 7 heteroatoms. The normalized spacial score (nSPS) is 37.3. The Morgan fingerprint density at radius 3 is 2.63 bits per heavy atom. The van der Waals surface area contributed by atoms with Crippen molar-refractivity contribution in [3.05, 3.63) is 35.9 Å². The lowest BCUT2D eigenvalue weighted by molar-refractivity contribution is -0.184. The molecule has 3 heterocycles. The van der Waals surface area contributed by atoms with Gasteiger partial charge in [0.05, 0.1) is 5.54 Å². The zero-order valence-corrected chi connectivity index (χ0v) is 16.3. The number of benzene rings is 1. The van der Waals surface area contributed by atoms with E-state index in [2.05, 4.69) is 17.4 Å². The highest BCUT2D eigenvalue weighted by molar-refractivity contribution is 5.85. The molecule has 3 saturated heterocycles. The summed E-state index contributed by atoms with van der Waals surface area (Å²) in [4.78, 5) is 29.2. The Balaban J connectivity index is 0.00000180. The van der Waals surface area contributed by atoms with Crippen molar-refractivity contribution in [3.63, 3.8) is 0 Å². The molecule has 3 aliphatic heterocycles. The third-order valence-corrected chi connectivity index (χ3v) is 7.02. The Labute approximate surface area is 165 Å². The molecule has 4 fully saturated rings. The molecule has 5 rings (SSSR count). The predicted octanol–water partition coefficient (Wildman–Crippen LogP) is 0.859. The molecule has 1 aromatic carbocycles. The fourth-order valence-corrected chi connectivity index (χ4v) is 5.42. The molecule has 0 bridgehead atoms. The molecule has 6 nitrogen and oxygen atoms in total. The van der Waals surface area contributed by atoms with Gasteiger partial charge in [0.25, 0.3) is 0 Å². The number of halogens is 1. The maximum atomic E-state index is 13.0. The van der Waals surface area contributed by atoms with Gasteiger partial charge in [0.1, 0.15) is 12.7 Å². The summed E-state index contributed by atoms with van der Waals surface area (Å²) in [6.07, 6.45) is 0.540. The van der Waals surface area contributed by atoms with Crippen molar-refractivity contribution in [2.45, 2.75) is 18.1 Å². The lowest BCUT2D eigenvalue weighted by Crippen LogP contribution is -2.67. The van der Waals surface area contributed by atoms with Crippen LogP contribution in [0.15, 0.2) is 30.3 Å². The SMILES string of the molecule is CN1C(=O)CO[C@@H]2CN(C(=O)C3[C@H]4CNC[C@@H]34)CC[C@]21c1ccccc1.Cl. The lowest BCUT2D eigenvalue weighted by Gasteiger charge is -2.54. The second-order valence-electron chi connectivity index (χ2n) is 8.09. The van der Waals surface area contributed by atoms with Gasteiger partial charge in [-0.3, -0.25) is 9.59 Å². The Hall–Kier alpha value is -1.63. The van der Waals surface area contributed by atoms with Gasteiger partial charge in [0.15, 0.2) is 0 Å². The summed E-state index contributed by atoms with van der Waals surface area (Å²) in [6, 6.07) is 10.1. The highest BCUT2D eigenvalue weighted by Crippen LogP contribution is 2.50. The van der Waals surface area contributed by atoms with Crippen molar-refractivity contribution in [2.24, 2.45) is 17.8 Å². The molecule has 1 unspecified atom stereocenters. The van der Waals surface area contributed by atoms with Crippen LogP contribution in [0.5, 0.6) is 0 Å². The highest BCUT2D eigenvalue weighted by Gasteiger charge is 2.60. The van der Waals surface area contributed by atoms with Crippen molar-refractivity contribution in [1.82, 2.24) is 15.1 Å². The van der Waals surface area contributed by atoms with Crippen molar-refractivity contribution in [3.8, 4) is 0 Å². The summed E-state index contributed by atoms with van der Waals surface area (Å²) in [5, 5.41) is 3.35. The van der Waals surface area contributed by atoms with Crippen molar-refractivity contribution >= 4 is 24.2 Å². The maximum absolute atomic E-state index is 13.0. The Morgan fingerprint density at radius 1 is 1.22 bits per heavy atom. The molecule has 2 amide bonds. The number of piperidine rings is 2. The second kappa shape index (κ2) is 6.76. The maximum Gasteiger partial charge on any atom is 0.249 e. The third-order valence-electron chi connectivity index (χ3n) is 7.02. The molecule has 0 radical (unpaired) electrons. The third kappa shape index (κ3) is 2.69. The number of carbonyl (C=O) groups excluding carboxylic acids is 2. The van der Waals surface area contributed by atoms with E-state index in [1.165, 1.54) is 0 Å². The number of likely N-dealkylation sites (tertiary alicyclic amines) is 1. The Kier molecular flexibility index (Phi) is 4.69. The van der Waals surface area contributed by atoms with Gasteiger partial charge in [0, 0.05) is 26.1 Å². The largest absolute Gasteiger partial charge is 0.364 e. The van der Waals surface area contributed by atoms with Gasteiger partial charge < -0.3 is 19.9 Å². The fourth-order valence-electron chi connectivity index (χ4n) is 5.42. The Morgan fingerprint density at radius 2 is 1.93 bits per heavy atom. The minimum atomic E-state index is -0.478. The van der Waals surface area contributed by atoms with E-state index in [1.54, 1.807) is 0 Å². The number of nitrogens with one attached hydrogen (secondary N) is 1. The van der Waals surface area contributed by atoms with Crippen LogP contribution in [-0.2, 0) is 19.9 Å². The van der Waals surface area contributed by atoms with Crippen LogP contribution in [0.4, 0.5) is 0 Å². The molecule has 27 heavy (non-hydrogen) atoms. The van der Waals surface area contributed by atoms with E-state index in [9.17, 15) is 9.59 Å². The van der Waals surface area contributed by atoms with Crippen LogP contribution in [0.3, 0.4) is 0 Å².